The number of hydrogen-bond acceptors (Lipinski definition) is 2. The molecule has 15 heavy (non-hydrogen) atoms. The van der Waals surface area contributed by atoms with Crippen LogP contribution in [0.1, 0.15) is 12.5 Å². The number of anilines is 1. The molecule has 82 valence electrons. The van der Waals surface area contributed by atoms with Gasteiger partial charge in [-0.1, -0.05) is 6.08 Å². The maximum absolute atomic E-state index is 12.2. The van der Waals surface area contributed by atoms with E-state index in [9.17, 15) is 13.2 Å². The molecule has 0 aliphatic carbocycles. The monoisotopic (exact) mass is 216 g/mol. The highest BCUT2D eigenvalue weighted by atomic mass is 19.4. The molecule has 0 spiro atoms. The molecule has 1 rings (SSSR count). The lowest BCUT2D eigenvalue weighted by atomic mass is 10.2. The second kappa shape index (κ2) is 4.33. The minimum Gasteiger partial charge on any atom is -0.364 e. The Labute approximate surface area is 85.8 Å². The van der Waals surface area contributed by atoms with Crippen LogP contribution in [0.15, 0.2) is 31.0 Å². The Morgan fingerprint density at radius 1 is 1.47 bits per heavy atom. The summed E-state index contributed by atoms with van der Waals surface area (Å²) in [6.45, 7) is 5.37. The predicted octanol–water partition coefficient (Wildman–Crippen LogP) is 3.09. The highest BCUT2D eigenvalue weighted by Gasteiger charge is 2.30. The predicted molar refractivity (Wildman–Crippen MR) is 52.5 cm³/mol. The summed E-state index contributed by atoms with van der Waals surface area (Å²) >= 11 is 0. The third-order valence-corrected chi connectivity index (χ3v) is 1.82. The Hall–Kier alpha value is -1.52. The van der Waals surface area contributed by atoms with Crippen LogP contribution in [0.4, 0.5) is 19.0 Å². The smallest absolute Gasteiger partial charge is 0.364 e. The highest BCUT2D eigenvalue weighted by Crippen LogP contribution is 2.28. The Kier molecular flexibility index (Phi) is 3.34. The van der Waals surface area contributed by atoms with Crippen LogP contribution in [0.5, 0.6) is 0 Å². The lowest BCUT2D eigenvalue weighted by molar-refractivity contribution is -0.137. The normalized spacial score (nSPS) is 13.3. The highest BCUT2D eigenvalue weighted by molar-refractivity contribution is 5.37. The molecule has 0 aromatic carbocycles. The molecule has 1 aromatic heterocycles. The molecule has 1 unspecified atom stereocenters. The molecule has 1 heterocycles. The van der Waals surface area contributed by atoms with Gasteiger partial charge in [-0.25, -0.2) is 4.98 Å². The van der Waals surface area contributed by atoms with Gasteiger partial charge < -0.3 is 5.32 Å². The van der Waals surface area contributed by atoms with Crippen LogP contribution >= 0.6 is 0 Å². The molecule has 1 N–H and O–H groups in total. The molecule has 0 bridgehead atoms. The lowest BCUT2D eigenvalue weighted by Gasteiger charge is -2.11. The Balaban J connectivity index is 2.77. The van der Waals surface area contributed by atoms with Gasteiger partial charge in [0.25, 0.3) is 0 Å². The van der Waals surface area contributed by atoms with E-state index in [-0.39, 0.29) is 6.04 Å². The molecule has 0 amide bonds. The van der Waals surface area contributed by atoms with E-state index in [0.717, 1.165) is 12.3 Å². The lowest BCUT2D eigenvalue weighted by Crippen LogP contribution is -2.13. The first kappa shape index (κ1) is 11.6. The van der Waals surface area contributed by atoms with Crippen molar-refractivity contribution in [3.63, 3.8) is 0 Å². The summed E-state index contributed by atoms with van der Waals surface area (Å²) in [6, 6.07) is 2.25. The van der Waals surface area contributed by atoms with Crippen molar-refractivity contribution in [2.45, 2.75) is 19.1 Å². The van der Waals surface area contributed by atoms with E-state index < -0.39 is 11.7 Å². The summed E-state index contributed by atoms with van der Waals surface area (Å²) in [6.07, 6.45) is -1.90. The molecular formula is C10H11F3N2. The summed E-state index contributed by atoms with van der Waals surface area (Å²) in [4.78, 5) is 3.65. The standard InChI is InChI=1S/C10H11F3N2/c1-3-7(2)15-9-5-4-8(6-14-9)10(11,12)13/h3-7H,1H2,2H3,(H,14,15). The second-order valence-electron chi connectivity index (χ2n) is 3.10. The first-order valence-electron chi connectivity index (χ1n) is 4.36. The van der Waals surface area contributed by atoms with Crippen LogP contribution in [0.3, 0.4) is 0 Å². The fourth-order valence-electron chi connectivity index (χ4n) is 0.939. The minimum absolute atomic E-state index is 0.0331. The van der Waals surface area contributed by atoms with Gasteiger partial charge in [0.15, 0.2) is 0 Å². The molecule has 0 saturated carbocycles. The number of pyridine rings is 1. The van der Waals surface area contributed by atoms with Crippen LogP contribution in [-0.4, -0.2) is 11.0 Å². The number of nitrogens with zero attached hydrogens (tertiary/aromatic N) is 1. The third-order valence-electron chi connectivity index (χ3n) is 1.82. The quantitative estimate of drug-likeness (QED) is 0.785. The van der Waals surface area contributed by atoms with Gasteiger partial charge in [-0.05, 0) is 19.1 Å². The van der Waals surface area contributed by atoms with Gasteiger partial charge in [0, 0.05) is 12.2 Å². The van der Waals surface area contributed by atoms with Gasteiger partial charge in [0.2, 0.25) is 0 Å². The van der Waals surface area contributed by atoms with Crippen molar-refractivity contribution in [3.8, 4) is 0 Å². The molecule has 1 atom stereocenters. The second-order valence-corrected chi connectivity index (χ2v) is 3.10. The number of nitrogens with one attached hydrogen (secondary N) is 1. The molecule has 5 heteroatoms. The summed E-state index contributed by atoms with van der Waals surface area (Å²) in [7, 11) is 0. The van der Waals surface area contributed by atoms with E-state index in [0.29, 0.717) is 5.82 Å². The van der Waals surface area contributed by atoms with Gasteiger partial charge >= 0.3 is 6.18 Å². The number of aromatic nitrogens is 1. The molecule has 0 saturated heterocycles. The van der Waals surface area contributed by atoms with Crippen molar-refractivity contribution in [2.24, 2.45) is 0 Å². The minimum atomic E-state index is -4.34. The SMILES string of the molecule is C=CC(C)Nc1ccc(C(F)(F)F)cn1. The van der Waals surface area contributed by atoms with E-state index in [1.54, 1.807) is 6.08 Å². The van der Waals surface area contributed by atoms with Crippen molar-refractivity contribution >= 4 is 5.82 Å². The van der Waals surface area contributed by atoms with Crippen molar-refractivity contribution in [1.29, 1.82) is 0 Å². The number of hydrogen-bond donors (Lipinski definition) is 1. The van der Waals surface area contributed by atoms with Crippen LogP contribution in [-0.2, 0) is 6.18 Å². The van der Waals surface area contributed by atoms with Crippen LogP contribution in [0.2, 0.25) is 0 Å². The molecular weight excluding hydrogens is 205 g/mol. The summed E-state index contributed by atoms with van der Waals surface area (Å²) in [5, 5.41) is 2.87. The Morgan fingerprint density at radius 3 is 2.53 bits per heavy atom. The zero-order chi connectivity index (χ0) is 11.5. The third kappa shape index (κ3) is 3.27. The van der Waals surface area contributed by atoms with E-state index in [4.69, 9.17) is 0 Å². The molecule has 2 nitrogen and oxygen atoms in total. The van der Waals surface area contributed by atoms with E-state index in [2.05, 4.69) is 16.9 Å². The van der Waals surface area contributed by atoms with Crippen LogP contribution in [0, 0.1) is 0 Å². The fourth-order valence-corrected chi connectivity index (χ4v) is 0.939. The van der Waals surface area contributed by atoms with Crippen LogP contribution < -0.4 is 5.32 Å². The number of halogens is 3. The number of rotatable bonds is 3. The maximum atomic E-state index is 12.2. The zero-order valence-corrected chi connectivity index (χ0v) is 8.17. The van der Waals surface area contributed by atoms with E-state index in [1.165, 1.54) is 6.07 Å². The van der Waals surface area contributed by atoms with Crippen molar-refractivity contribution in [3.05, 3.63) is 36.5 Å². The Morgan fingerprint density at radius 2 is 2.13 bits per heavy atom. The molecule has 1 aromatic rings. The zero-order valence-electron chi connectivity index (χ0n) is 8.17. The average Bonchev–Trinajstić information content (AvgIpc) is 2.17. The van der Waals surface area contributed by atoms with Gasteiger partial charge in [0.05, 0.1) is 5.56 Å². The van der Waals surface area contributed by atoms with Gasteiger partial charge in [-0.2, -0.15) is 13.2 Å². The first-order valence-corrected chi connectivity index (χ1v) is 4.36. The van der Waals surface area contributed by atoms with Gasteiger partial charge in [-0.15, -0.1) is 6.58 Å². The molecule has 0 fully saturated rings. The maximum Gasteiger partial charge on any atom is 0.417 e. The molecule has 0 radical (unpaired) electrons. The average molecular weight is 216 g/mol. The summed E-state index contributed by atoms with van der Waals surface area (Å²) in [5.74, 6) is 0.399. The molecule has 0 aliphatic rings. The fraction of sp³-hybridized carbons (Fsp3) is 0.300. The Bertz CT molecular complexity index is 330. The van der Waals surface area contributed by atoms with E-state index >= 15 is 0 Å². The largest absolute Gasteiger partial charge is 0.417 e. The summed E-state index contributed by atoms with van der Waals surface area (Å²) in [5.41, 5.74) is -0.751. The van der Waals surface area contributed by atoms with Gasteiger partial charge in [-0.3, -0.25) is 0 Å². The van der Waals surface area contributed by atoms with E-state index in [1.807, 2.05) is 6.92 Å². The topological polar surface area (TPSA) is 24.9 Å². The van der Waals surface area contributed by atoms with Crippen LogP contribution in [0.25, 0.3) is 0 Å². The van der Waals surface area contributed by atoms with Gasteiger partial charge in [0.1, 0.15) is 5.82 Å². The number of alkyl halides is 3. The molecule has 0 aliphatic heterocycles. The first-order chi connectivity index (χ1) is 6.93. The van der Waals surface area contributed by atoms with Crippen molar-refractivity contribution in [1.82, 2.24) is 4.98 Å². The van der Waals surface area contributed by atoms with Crippen molar-refractivity contribution in [2.75, 3.05) is 5.32 Å². The summed E-state index contributed by atoms with van der Waals surface area (Å²) < 4.78 is 36.5. The van der Waals surface area contributed by atoms with Crippen molar-refractivity contribution < 1.29 is 13.2 Å².